The van der Waals surface area contributed by atoms with E-state index in [0.29, 0.717) is 6.61 Å². The molecule has 1 aromatic rings. The highest BCUT2D eigenvalue weighted by Gasteiger charge is 1.93. The van der Waals surface area contributed by atoms with E-state index in [4.69, 9.17) is 4.74 Å². The van der Waals surface area contributed by atoms with Crippen LogP contribution in [0.4, 0.5) is 0 Å². The number of benzene rings is 1. The third-order valence-electron chi connectivity index (χ3n) is 2.03. The highest BCUT2D eigenvalue weighted by atomic mass is 79.9. The van der Waals surface area contributed by atoms with E-state index in [1.807, 2.05) is 12.1 Å². The predicted molar refractivity (Wildman–Crippen MR) is 67.0 cm³/mol. The summed E-state index contributed by atoms with van der Waals surface area (Å²) in [6, 6.07) is 8.22. The quantitative estimate of drug-likeness (QED) is 0.770. The average molecular weight is 272 g/mol. The normalized spacial score (nSPS) is 10.5. The van der Waals surface area contributed by atoms with Crippen LogP contribution in [-0.4, -0.2) is 19.7 Å². The molecule has 0 amide bonds. The average Bonchev–Trinajstić information content (AvgIpc) is 2.26. The van der Waals surface area contributed by atoms with E-state index in [9.17, 15) is 0 Å². The molecule has 0 saturated carbocycles. The fraction of sp³-hybridized carbons (Fsp3) is 0.500. The molecule has 84 valence electrons. The van der Waals surface area contributed by atoms with Crippen LogP contribution in [0, 0.1) is 0 Å². The Bertz CT molecular complexity index is 261. The predicted octanol–water partition coefficient (Wildman–Crippen LogP) is 2.97. The summed E-state index contributed by atoms with van der Waals surface area (Å²) in [4.78, 5) is 0. The van der Waals surface area contributed by atoms with Gasteiger partial charge in [-0.2, -0.15) is 0 Å². The molecule has 0 saturated heterocycles. The van der Waals surface area contributed by atoms with Gasteiger partial charge in [0.05, 0.1) is 13.2 Å². The third kappa shape index (κ3) is 5.92. The molecule has 15 heavy (non-hydrogen) atoms. The molecule has 1 rings (SSSR count). The second kappa shape index (κ2) is 7.85. The van der Waals surface area contributed by atoms with Crippen LogP contribution in [0.2, 0.25) is 0 Å². The van der Waals surface area contributed by atoms with Crippen molar-refractivity contribution in [2.45, 2.75) is 20.0 Å². The van der Waals surface area contributed by atoms with Gasteiger partial charge in [-0.1, -0.05) is 35.0 Å². The molecule has 0 spiro atoms. The fourth-order valence-electron chi connectivity index (χ4n) is 1.22. The maximum Gasteiger partial charge on any atom is 0.0717 e. The van der Waals surface area contributed by atoms with Gasteiger partial charge in [-0.25, -0.2) is 0 Å². The first-order chi connectivity index (χ1) is 7.33. The number of nitrogens with one attached hydrogen (secondary N) is 1. The van der Waals surface area contributed by atoms with Gasteiger partial charge in [-0.3, -0.25) is 0 Å². The van der Waals surface area contributed by atoms with Crippen molar-refractivity contribution in [1.29, 1.82) is 0 Å². The van der Waals surface area contributed by atoms with Gasteiger partial charge < -0.3 is 10.1 Å². The molecule has 2 nitrogen and oxygen atoms in total. The zero-order valence-electron chi connectivity index (χ0n) is 9.13. The molecule has 0 atom stereocenters. The van der Waals surface area contributed by atoms with Crippen LogP contribution in [-0.2, 0) is 11.3 Å². The zero-order valence-corrected chi connectivity index (χ0v) is 10.7. The van der Waals surface area contributed by atoms with Gasteiger partial charge in [0.15, 0.2) is 0 Å². The number of halogens is 1. The van der Waals surface area contributed by atoms with Gasteiger partial charge in [-0.05, 0) is 30.7 Å². The minimum atomic E-state index is 0.696. The molecule has 0 fully saturated rings. The summed E-state index contributed by atoms with van der Waals surface area (Å²) in [5.74, 6) is 0. The lowest BCUT2D eigenvalue weighted by molar-refractivity contribution is 0.123. The monoisotopic (exact) mass is 271 g/mol. The van der Waals surface area contributed by atoms with Crippen LogP contribution in [0.15, 0.2) is 28.7 Å². The second-order valence-electron chi connectivity index (χ2n) is 3.43. The van der Waals surface area contributed by atoms with E-state index in [0.717, 1.165) is 24.2 Å². The Balaban J connectivity index is 2.07. The summed E-state index contributed by atoms with van der Waals surface area (Å²) in [5, 5.41) is 3.30. The minimum absolute atomic E-state index is 0.696. The molecule has 0 bridgehead atoms. The van der Waals surface area contributed by atoms with Crippen LogP contribution in [0.1, 0.15) is 18.9 Å². The van der Waals surface area contributed by atoms with Crippen molar-refractivity contribution in [2.24, 2.45) is 0 Å². The Labute approximate surface area is 100 Å². The van der Waals surface area contributed by atoms with Crippen molar-refractivity contribution in [1.82, 2.24) is 5.32 Å². The highest BCUT2D eigenvalue weighted by Crippen LogP contribution is 2.10. The van der Waals surface area contributed by atoms with Gasteiger partial charge in [0.25, 0.3) is 0 Å². The summed E-state index contributed by atoms with van der Waals surface area (Å²) in [6.07, 6.45) is 1.17. The lowest BCUT2D eigenvalue weighted by Gasteiger charge is -2.05. The Kier molecular flexibility index (Phi) is 6.64. The summed E-state index contributed by atoms with van der Waals surface area (Å²) >= 11 is 3.40. The number of hydrogen-bond acceptors (Lipinski definition) is 2. The molecule has 0 heterocycles. The molecule has 0 aliphatic carbocycles. The smallest absolute Gasteiger partial charge is 0.0717 e. The highest BCUT2D eigenvalue weighted by molar-refractivity contribution is 9.10. The summed E-state index contributed by atoms with van der Waals surface area (Å²) < 4.78 is 6.64. The van der Waals surface area contributed by atoms with Gasteiger partial charge in [0, 0.05) is 11.0 Å². The zero-order chi connectivity index (χ0) is 10.9. The second-order valence-corrected chi connectivity index (χ2v) is 4.34. The Hall–Kier alpha value is -0.380. The van der Waals surface area contributed by atoms with Gasteiger partial charge in [-0.15, -0.1) is 0 Å². The van der Waals surface area contributed by atoms with Crippen LogP contribution in [0.25, 0.3) is 0 Å². The van der Waals surface area contributed by atoms with E-state index in [1.54, 1.807) is 0 Å². The topological polar surface area (TPSA) is 21.3 Å². The SMILES string of the molecule is CCCNCCOCc1ccc(Br)cc1. The van der Waals surface area contributed by atoms with Crippen LogP contribution in [0.5, 0.6) is 0 Å². The Morgan fingerprint density at radius 1 is 1.20 bits per heavy atom. The number of ether oxygens (including phenoxy) is 1. The lowest BCUT2D eigenvalue weighted by atomic mass is 10.2. The molecule has 0 radical (unpaired) electrons. The minimum Gasteiger partial charge on any atom is -0.375 e. The standard InChI is InChI=1S/C12H18BrNO/c1-2-7-14-8-9-15-10-11-3-5-12(13)6-4-11/h3-6,14H,2,7-10H2,1H3. The summed E-state index contributed by atoms with van der Waals surface area (Å²) in [5.41, 5.74) is 1.22. The molecule has 1 N–H and O–H groups in total. The van der Waals surface area contributed by atoms with E-state index in [2.05, 4.69) is 40.3 Å². The van der Waals surface area contributed by atoms with E-state index in [1.165, 1.54) is 12.0 Å². The van der Waals surface area contributed by atoms with Gasteiger partial charge in [0.2, 0.25) is 0 Å². The van der Waals surface area contributed by atoms with Gasteiger partial charge in [0.1, 0.15) is 0 Å². The van der Waals surface area contributed by atoms with Crippen molar-refractivity contribution >= 4 is 15.9 Å². The summed E-state index contributed by atoms with van der Waals surface area (Å²) in [6.45, 7) is 5.64. The van der Waals surface area contributed by atoms with Crippen molar-refractivity contribution in [3.8, 4) is 0 Å². The van der Waals surface area contributed by atoms with Crippen LogP contribution in [0.3, 0.4) is 0 Å². The fourth-order valence-corrected chi connectivity index (χ4v) is 1.48. The molecule has 0 unspecified atom stereocenters. The van der Waals surface area contributed by atoms with E-state index in [-0.39, 0.29) is 0 Å². The van der Waals surface area contributed by atoms with E-state index < -0.39 is 0 Å². The third-order valence-corrected chi connectivity index (χ3v) is 2.56. The van der Waals surface area contributed by atoms with Crippen LogP contribution < -0.4 is 5.32 Å². The van der Waals surface area contributed by atoms with Crippen molar-refractivity contribution in [2.75, 3.05) is 19.7 Å². The van der Waals surface area contributed by atoms with Crippen molar-refractivity contribution in [3.63, 3.8) is 0 Å². The van der Waals surface area contributed by atoms with Crippen molar-refractivity contribution in [3.05, 3.63) is 34.3 Å². The molecule has 0 aromatic heterocycles. The molecule has 1 aromatic carbocycles. The van der Waals surface area contributed by atoms with Crippen LogP contribution >= 0.6 is 15.9 Å². The maximum atomic E-state index is 5.53. The first-order valence-corrected chi connectivity index (χ1v) is 6.15. The summed E-state index contributed by atoms with van der Waals surface area (Å²) in [7, 11) is 0. The van der Waals surface area contributed by atoms with Crippen molar-refractivity contribution < 1.29 is 4.74 Å². The molecule has 0 aliphatic heterocycles. The largest absolute Gasteiger partial charge is 0.375 e. The van der Waals surface area contributed by atoms with E-state index >= 15 is 0 Å². The Morgan fingerprint density at radius 3 is 2.60 bits per heavy atom. The molecule has 0 aliphatic rings. The first kappa shape index (κ1) is 12.7. The molecular weight excluding hydrogens is 254 g/mol. The molecular formula is C12H18BrNO. The lowest BCUT2D eigenvalue weighted by Crippen LogP contribution is -2.20. The maximum absolute atomic E-state index is 5.53. The Morgan fingerprint density at radius 2 is 1.93 bits per heavy atom. The number of hydrogen-bond donors (Lipinski definition) is 1. The molecule has 3 heteroatoms. The first-order valence-electron chi connectivity index (χ1n) is 5.36. The van der Waals surface area contributed by atoms with Gasteiger partial charge >= 0.3 is 0 Å². The number of rotatable bonds is 7.